The van der Waals surface area contributed by atoms with Gasteiger partial charge in [-0.2, -0.15) is 0 Å². The Kier molecular flexibility index (Phi) is 4.83. The normalized spacial score (nSPS) is 19.1. The van der Waals surface area contributed by atoms with Crippen LogP contribution in [-0.4, -0.2) is 18.4 Å². The molecule has 1 aromatic rings. The number of hydrogen-bond acceptors (Lipinski definition) is 3. The highest BCUT2D eigenvalue weighted by Crippen LogP contribution is 2.31. The van der Waals surface area contributed by atoms with E-state index in [2.05, 4.69) is 18.0 Å². The lowest BCUT2D eigenvalue weighted by molar-refractivity contribution is 0.371. The van der Waals surface area contributed by atoms with Gasteiger partial charge in [-0.1, -0.05) is 13.0 Å². The molecule has 0 bridgehead atoms. The minimum atomic E-state index is 0.216. The molecule has 1 aromatic carbocycles. The summed E-state index contributed by atoms with van der Waals surface area (Å²) in [5.74, 6) is 1.99. The van der Waals surface area contributed by atoms with Gasteiger partial charge in [-0.05, 0) is 61.3 Å². The fraction of sp³-hybridized carbons (Fsp3) is 0.471. The van der Waals surface area contributed by atoms with Crippen LogP contribution in [0.4, 0.5) is 0 Å². The molecule has 0 saturated heterocycles. The molecule has 3 heteroatoms. The third kappa shape index (κ3) is 3.41. The second-order valence-corrected chi connectivity index (χ2v) is 5.54. The molecule has 0 aliphatic carbocycles. The second kappa shape index (κ2) is 6.60. The third-order valence-electron chi connectivity index (χ3n) is 4.14. The number of aliphatic imine (C=N–C) groups is 1. The van der Waals surface area contributed by atoms with Crippen LogP contribution in [-0.2, 0) is 6.42 Å². The Morgan fingerprint density at radius 2 is 2.25 bits per heavy atom. The lowest BCUT2D eigenvalue weighted by Crippen LogP contribution is -2.12. The SMILES string of the molecule is COc1cc(CCC(C)C2C=CN=CC2)c(C)cc1O. The van der Waals surface area contributed by atoms with Crippen LogP contribution in [0.15, 0.2) is 29.4 Å². The van der Waals surface area contributed by atoms with E-state index in [4.69, 9.17) is 4.74 Å². The highest BCUT2D eigenvalue weighted by atomic mass is 16.5. The predicted octanol–water partition coefficient (Wildman–Crippen LogP) is 3.88. The van der Waals surface area contributed by atoms with E-state index < -0.39 is 0 Å². The van der Waals surface area contributed by atoms with E-state index >= 15 is 0 Å². The number of nitrogens with zero attached hydrogens (tertiary/aromatic N) is 1. The highest BCUT2D eigenvalue weighted by Gasteiger charge is 2.16. The van der Waals surface area contributed by atoms with Crippen LogP contribution in [0.25, 0.3) is 0 Å². The molecule has 2 unspecified atom stereocenters. The van der Waals surface area contributed by atoms with Crippen LogP contribution in [0.5, 0.6) is 11.5 Å². The van der Waals surface area contributed by atoms with E-state index in [9.17, 15) is 5.11 Å². The lowest BCUT2D eigenvalue weighted by Gasteiger charge is -2.21. The fourth-order valence-corrected chi connectivity index (χ4v) is 2.65. The zero-order valence-corrected chi connectivity index (χ0v) is 12.5. The van der Waals surface area contributed by atoms with Gasteiger partial charge in [-0.3, -0.25) is 4.99 Å². The van der Waals surface area contributed by atoms with Crippen molar-refractivity contribution in [3.63, 3.8) is 0 Å². The molecule has 1 heterocycles. The van der Waals surface area contributed by atoms with Gasteiger partial charge in [0.2, 0.25) is 0 Å². The van der Waals surface area contributed by atoms with Crippen LogP contribution in [0.3, 0.4) is 0 Å². The standard InChI is InChI=1S/C17H23NO2/c1-12(14-6-8-18-9-7-14)4-5-15-11-17(20-3)16(19)10-13(15)2/h6,8-12,14,19H,4-5,7H2,1-3H3. The number of phenols is 1. The van der Waals surface area contributed by atoms with Gasteiger partial charge in [0.05, 0.1) is 7.11 Å². The molecule has 108 valence electrons. The Bertz CT molecular complexity index is 520. The zero-order valence-electron chi connectivity index (χ0n) is 12.5. The molecule has 0 fully saturated rings. The average molecular weight is 273 g/mol. The number of phenolic OH excluding ortho intramolecular Hbond substituents is 1. The van der Waals surface area contributed by atoms with Crippen molar-refractivity contribution >= 4 is 6.21 Å². The minimum absolute atomic E-state index is 0.216. The molecular weight excluding hydrogens is 250 g/mol. The molecule has 0 amide bonds. The topological polar surface area (TPSA) is 41.8 Å². The molecule has 2 atom stereocenters. The van der Waals surface area contributed by atoms with Crippen molar-refractivity contribution < 1.29 is 9.84 Å². The first-order valence-electron chi connectivity index (χ1n) is 7.16. The summed E-state index contributed by atoms with van der Waals surface area (Å²) in [6.07, 6.45) is 9.27. The summed E-state index contributed by atoms with van der Waals surface area (Å²) in [5, 5.41) is 9.75. The first kappa shape index (κ1) is 14.6. The molecule has 1 aliphatic heterocycles. The van der Waals surface area contributed by atoms with E-state index in [-0.39, 0.29) is 5.75 Å². The number of allylic oxidation sites excluding steroid dienone is 1. The summed E-state index contributed by atoms with van der Waals surface area (Å²) in [4.78, 5) is 4.12. The molecule has 0 saturated carbocycles. The second-order valence-electron chi connectivity index (χ2n) is 5.54. The van der Waals surface area contributed by atoms with Gasteiger partial charge < -0.3 is 9.84 Å². The lowest BCUT2D eigenvalue weighted by atomic mass is 9.85. The number of aryl methyl sites for hydroxylation is 2. The number of aromatic hydroxyl groups is 1. The number of benzene rings is 1. The first-order chi connectivity index (χ1) is 9.61. The van der Waals surface area contributed by atoms with E-state index in [1.807, 2.05) is 25.4 Å². The van der Waals surface area contributed by atoms with Crippen LogP contribution in [0, 0.1) is 18.8 Å². The smallest absolute Gasteiger partial charge is 0.160 e. The zero-order chi connectivity index (χ0) is 14.5. The van der Waals surface area contributed by atoms with Crippen molar-refractivity contribution in [1.82, 2.24) is 0 Å². The van der Waals surface area contributed by atoms with Crippen molar-refractivity contribution in [3.8, 4) is 11.5 Å². The van der Waals surface area contributed by atoms with Crippen LogP contribution >= 0.6 is 0 Å². The van der Waals surface area contributed by atoms with Gasteiger partial charge in [0.1, 0.15) is 0 Å². The van der Waals surface area contributed by atoms with Crippen LogP contribution in [0.1, 0.15) is 30.9 Å². The molecule has 20 heavy (non-hydrogen) atoms. The summed E-state index contributed by atoms with van der Waals surface area (Å²) in [6.45, 7) is 4.33. The van der Waals surface area contributed by atoms with Crippen molar-refractivity contribution in [3.05, 3.63) is 35.5 Å². The number of hydrogen-bond donors (Lipinski definition) is 1. The van der Waals surface area contributed by atoms with E-state index in [1.165, 1.54) is 5.56 Å². The Morgan fingerprint density at radius 3 is 2.90 bits per heavy atom. The van der Waals surface area contributed by atoms with Gasteiger partial charge in [-0.15, -0.1) is 0 Å². The van der Waals surface area contributed by atoms with Crippen molar-refractivity contribution in [2.75, 3.05) is 7.11 Å². The van der Waals surface area contributed by atoms with Crippen molar-refractivity contribution in [2.45, 2.75) is 33.1 Å². The predicted molar refractivity (Wildman–Crippen MR) is 82.6 cm³/mol. The minimum Gasteiger partial charge on any atom is -0.504 e. The highest BCUT2D eigenvalue weighted by molar-refractivity contribution is 5.60. The molecule has 1 aliphatic rings. The van der Waals surface area contributed by atoms with E-state index in [0.717, 1.165) is 24.8 Å². The monoisotopic (exact) mass is 273 g/mol. The molecule has 0 spiro atoms. The maximum Gasteiger partial charge on any atom is 0.160 e. The first-order valence-corrected chi connectivity index (χ1v) is 7.16. The summed E-state index contributed by atoms with van der Waals surface area (Å²) < 4.78 is 5.19. The summed E-state index contributed by atoms with van der Waals surface area (Å²) in [5.41, 5.74) is 2.37. The van der Waals surface area contributed by atoms with Gasteiger partial charge in [-0.25, -0.2) is 0 Å². The molecule has 0 aromatic heterocycles. The van der Waals surface area contributed by atoms with Gasteiger partial charge in [0.15, 0.2) is 11.5 Å². The quantitative estimate of drug-likeness (QED) is 0.884. The van der Waals surface area contributed by atoms with Crippen LogP contribution in [0.2, 0.25) is 0 Å². The Balaban J connectivity index is 2.00. The number of rotatable bonds is 5. The van der Waals surface area contributed by atoms with Gasteiger partial charge in [0, 0.05) is 12.4 Å². The Morgan fingerprint density at radius 1 is 1.45 bits per heavy atom. The van der Waals surface area contributed by atoms with Crippen molar-refractivity contribution in [2.24, 2.45) is 16.8 Å². The maximum absolute atomic E-state index is 9.75. The molecule has 1 N–H and O–H groups in total. The molecular formula is C17H23NO2. The van der Waals surface area contributed by atoms with Gasteiger partial charge in [0.25, 0.3) is 0 Å². The average Bonchev–Trinajstić information content (AvgIpc) is 2.47. The molecule has 2 rings (SSSR count). The maximum atomic E-state index is 9.75. The summed E-state index contributed by atoms with van der Waals surface area (Å²) in [7, 11) is 1.59. The fourth-order valence-electron chi connectivity index (χ4n) is 2.65. The Hall–Kier alpha value is -1.77. The van der Waals surface area contributed by atoms with E-state index in [0.29, 0.717) is 17.6 Å². The van der Waals surface area contributed by atoms with Crippen LogP contribution < -0.4 is 4.74 Å². The number of methoxy groups -OCH3 is 1. The third-order valence-corrected chi connectivity index (χ3v) is 4.14. The summed E-state index contributed by atoms with van der Waals surface area (Å²) >= 11 is 0. The van der Waals surface area contributed by atoms with Gasteiger partial charge >= 0.3 is 0 Å². The van der Waals surface area contributed by atoms with E-state index in [1.54, 1.807) is 13.2 Å². The Labute approximate surface area is 121 Å². The number of ether oxygens (including phenoxy) is 1. The largest absolute Gasteiger partial charge is 0.504 e. The molecule has 0 radical (unpaired) electrons. The molecule has 3 nitrogen and oxygen atoms in total. The summed E-state index contributed by atoms with van der Waals surface area (Å²) in [6, 6.07) is 3.74. The van der Waals surface area contributed by atoms with Crippen molar-refractivity contribution in [1.29, 1.82) is 0 Å².